The molecule has 4 nitrogen and oxygen atoms in total. The minimum Gasteiger partial charge on any atom is -0.385 e. The summed E-state index contributed by atoms with van der Waals surface area (Å²) in [5.74, 6) is 1.95. The molecule has 1 fully saturated rings. The van der Waals surface area contributed by atoms with Crippen LogP contribution in [0.25, 0.3) is 0 Å². The van der Waals surface area contributed by atoms with Crippen LogP contribution in [-0.4, -0.2) is 55.9 Å². The molecule has 1 aliphatic rings. The van der Waals surface area contributed by atoms with E-state index in [1.807, 2.05) is 30.0 Å². The summed E-state index contributed by atoms with van der Waals surface area (Å²) < 4.78 is 5.39. The second-order valence-corrected chi connectivity index (χ2v) is 6.85. The van der Waals surface area contributed by atoms with Crippen LogP contribution in [0.4, 0.5) is 0 Å². The number of benzene rings is 1. The Morgan fingerprint density at radius 2 is 2.38 bits per heavy atom. The lowest BCUT2D eigenvalue weighted by atomic mass is 10.1. The van der Waals surface area contributed by atoms with Crippen LogP contribution in [0.3, 0.4) is 0 Å². The van der Waals surface area contributed by atoms with E-state index in [0.29, 0.717) is 26.3 Å². The molecule has 1 aliphatic heterocycles. The summed E-state index contributed by atoms with van der Waals surface area (Å²) in [7, 11) is 0. The quantitative estimate of drug-likeness (QED) is 0.662. The lowest BCUT2D eigenvalue weighted by molar-refractivity contribution is -0.0258. The Labute approximate surface area is 135 Å². The van der Waals surface area contributed by atoms with Crippen LogP contribution < -0.4 is 10.6 Å². The van der Waals surface area contributed by atoms with E-state index < -0.39 is 5.60 Å². The molecule has 1 saturated heterocycles. The maximum Gasteiger partial charge on any atom is 0.113 e. The van der Waals surface area contributed by atoms with E-state index in [2.05, 4.69) is 16.7 Å². The van der Waals surface area contributed by atoms with E-state index >= 15 is 0 Å². The van der Waals surface area contributed by atoms with E-state index in [-0.39, 0.29) is 0 Å². The predicted molar refractivity (Wildman–Crippen MR) is 89.1 cm³/mol. The lowest BCUT2D eigenvalue weighted by Gasteiger charge is -2.26. The van der Waals surface area contributed by atoms with Gasteiger partial charge in [-0.25, -0.2) is 0 Å². The van der Waals surface area contributed by atoms with Crippen molar-refractivity contribution < 1.29 is 9.84 Å². The third kappa shape index (κ3) is 6.55. The van der Waals surface area contributed by atoms with Gasteiger partial charge in [0.15, 0.2) is 0 Å². The number of aliphatic hydroxyl groups is 1. The molecule has 1 heterocycles. The zero-order valence-corrected chi connectivity index (χ0v) is 13.7. The molecule has 21 heavy (non-hydrogen) atoms. The summed E-state index contributed by atoms with van der Waals surface area (Å²) in [6, 6.07) is 7.95. The molecule has 0 aliphatic carbocycles. The van der Waals surface area contributed by atoms with E-state index in [9.17, 15) is 5.11 Å². The van der Waals surface area contributed by atoms with Gasteiger partial charge >= 0.3 is 0 Å². The number of nitrogens with one attached hydrogen (secondary N) is 2. The SMILES string of the molecule is O[C@@]1(CNCCSCc2cccc(Cl)c2)CNCCOC1. The minimum atomic E-state index is -0.797. The third-order valence-corrected chi connectivity index (χ3v) is 4.55. The summed E-state index contributed by atoms with van der Waals surface area (Å²) >= 11 is 7.81. The van der Waals surface area contributed by atoms with Crippen LogP contribution in [0.1, 0.15) is 5.56 Å². The number of hydrogen-bond donors (Lipinski definition) is 3. The molecule has 0 radical (unpaired) electrons. The first kappa shape index (κ1) is 17.1. The maximum atomic E-state index is 10.3. The molecule has 0 aromatic heterocycles. The fourth-order valence-corrected chi connectivity index (χ4v) is 3.24. The van der Waals surface area contributed by atoms with Crippen LogP contribution in [-0.2, 0) is 10.5 Å². The van der Waals surface area contributed by atoms with Gasteiger partial charge in [0.25, 0.3) is 0 Å². The van der Waals surface area contributed by atoms with Crippen molar-refractivity contribution in [1.29, 1.82) is 0 Å². The molecule has 0 bridgehead atoms. The first-order valence-electron chi connectivity index (χ1n) is 7.22. The second kappa shape index (κ2) is 8.98. The van der Waals surface area contributed by atoms with Crippen molar-refractivity contribution in [2.24, 2.45) is 0 Å². The second-order valence-electron chi connectivity index (χ2n) is 5.31. The third-order valence-electron chi connectivity index (χ3n) is 3.28. The number of thioether (sulfide) groups is 1. The Hall–Kier alpha value is -0.300. The summed E-state index contributed by atoms with van der Waals surface area (Å²) in [4.78, 5) is 0. The molecule has 0 amide bonds. The van der Waals surface area contributed by atoms with E-state index in [0.717, 1.165) is 29.6 Å². The van der Waals surface area contributed by atoms with Gasteiger partial charge in [-0.1, -0.05) is 23.7 Å². The highest BCUT2D eigenvalue weighted by molar-refractivity contribution is 7.98. The predicted octanol–water partition coefficient (Wildman–Crippen LogP) is 1.51. The topological polar surface area (TPSA) is 53.5 Å². The molecule has 6 heteroatoms. The van der Waals surface area contributed by atoms with Crippen LogP contribution in [0.15, 0.2) is 24.3 Å². The van der Waals surface area contributed by atoms with Gasteiger partial charge in [0.1, 0.15) is 5.60 Å². The minimum absolute atomic E-state index is 0.392. The fourth-order valence-electron chi connectivity index (χ4n) is 2.17. The Bertz CT molecular complexity index is 426. The van der Waals surface area contributed by atoms with Crippen LogP contribution in [0, 0.1) is 0 Å². The maximum absolute atomic E-state index is 10.3. The summed E-state index contributed by atoms with van der Waals surface area (Å²) in [6.07, 6.45) is 0. The fraction of sp³-hybridized carbons (Fsp3) is 0.600. The molecular weight excluding hydrogens is 308 g/mol. The van der Waals surface area contributed by atoms with E-state index in [1.54, 1.807) is 0 Å². The molecule has 2 rings (SSSR count). The van der Waals surface area contributed by atoms with Gasteiger partial charge in [0.05, 0.1) is 13.2 Å². The Kier molecular flexibility index (Phi) is 7.29. The van der Waals surface area contributed by atoms with Gasteiger partial charge < -0.3 is 20.5 Å². The molecule has 1 aromatic rings. The first-order valence-corrected chi connectivity index (χ1v) is 8.75. The largest absolute Gasteiger partial charge is 0.385 e. The molecule has 1 aromatic carbocycles. The molecule has 118 valence electrons. The summed E-state index contributed by atoms with van der Waals surface area (Å²) in [6.45, 7) is 3.86. The van der Waals surface area contributed by atoms with Crippen molar-refractivity contribution in [2.45, 2.75) is 11.4 Å². The molecule has 0 saturated carbocycles. The average Bonchev–Trinajstić information content (AvgIpc) is 2.68. The number of rotatable bonds is 7. The molecule has 3 N–H and O–H groups in total. The highest BCUT2D eigenvalue weighted by atomic mass is 35.5. The summed E-state index contributed by atoms with van der Waals surface area (Å²) in [5.41, 5.74) is 0.446. The number of ether oxygens (including phenoxy) is 1. The van der Waals surface area contributed by atoms with Gasteiger partial charge in [-0.15, -0.1) is 0 Å². The molecule has 1 atom stereocenters. The van der Waals surface area contributed by atoms with Crippen LogP contribution in [0.2, 0.25) is 5.02 Å². The average molecular weight is 331 g/mol. The van der Waals surface area contributed by atoms with Crippen molar-refractivity contribution in [2.75, 3.05) is 45.1 Å². The number of halogens is 1. The van der Waals surface area contributed by atoms with Gasteiger partial charge in [0, 0.05) is 42.7 Å². The monoisotopic (exact) mass is 330 g/mol. The number of β-amino-alcohol motifs (C(OH)–C–C–N with tert-alkyl or cyclic N) is 1. The standard InChI is InChI=1S/C15H23ClN2O2S/c16-14-3-1-2-13(8-14)9-21-7-5-18-11-15(19)10-17-4-6-20-12-15/h1-3,8,17-19H,4-7,9-12H2/t15-/m1/s1. The lowest BCUT2D eigenvalue weighted by Crippen LogP contribution is -2.50. The Morgan fingerprint density at radius 1 is 1.48 bits per heavy atom. The van der Waals surface area contributed by atoms with Crippen LogP contribution in [0.5, 0.6) is 0 Å². The molecule has 0 spiro atoms. The first-order chi connectivity index (χ1) is 10.2. The normalized spacial score (nSPS) is 23.0. The van der Waals surface area contributed by atoms with Crippen molar-refractivity contribution >= 4 is 23.4 Å². The van der Waals surface area contributed by atoms with E-state index in [4.69, 9.17) is 16.3 Å². The Balaban J connectivity index is 1.57. The smallest absolute Gasteiger partial charge is 0.113 e. The van der Waals surface area contributed by atoms with Crippen molar-refractivity contribution in [1.82, 2.24) is 10.6 Å². The highest BCUT2D eigenvalue weighted by Crippen LogP contribution is 2.16. The van der Waals surface area contributed by atoms with Crippen molar-refractivity contribution in [3.8, 4) is 0 Å². The molecule has 0 unspecified atom stereocenters. The zero-order chi connectivity index (χ0) is 15.0. The van der Waals surface area contributed by atoms with Crippen molar-refractivity contribution in [3.05, 3.63) is 34.9 Å². The van der Waals surface area contributed by atoms with Gasteiger partial charge in [-0.2, -0.15) is 11.8 Å². The number of hydrogen-bond acceptors (Lipinski definition) is 5. The molecular formula is C15H23ClN2O2S. The van der Waals surface area contributed by atoms with Gasteiger partial charge in [0.2, 0.25) is 0 Å². The van der Waals surface area contributed by atoms with Crippen LogP contribution >= 0.6 is 23.4 Å². The van der Waals surface area contributed by atoms with Gasteiger partial charge in [-0.05, 0) is 17.7 Å². The van der Waals surface area contributed by atoms with E-state index in [1.165, 1.54) is 5.56 Å². The highest BCUT2D eigenvalue weighted by Gasteiger charge is 2.28. The Morgan fingerprint density at radius 3 is 3.24 bits per heavy atom. The van der Waals surface area contributed by atoms with Crippen molar-refractivity contribution in [3.63, 3.8) is 0 Å². The zero-order valence-electron chi connectivity index (χ0n) is 12.1. The summed E-state index contributed by atoms with van der Waals surface area (Å²) in [5, 5.41) is 17.6. The van der Waals surface area contributed by atoms with Gasteiger partial charge in [-0.3, -0.25) is 0 Å².